The van der Waals surface area contributed by atoms with Crippen molar-refractivity contribution in [3.63, 3.8) is 0 Å². The average Bonchev–Trinajstić information content (AvgIpc) is 2.32. The van der Waals surface area contributed by atoms with Crippen molar-refractivity contribution in [2.24, 2.45) is 5.92 Å². The third-order valence-corrected chi connectivity index (χ3v) is 3.37. The predicted octanol–water partition coefficient (Wildman–Crippen LogP) is 2.34. The highest BCUT2D eigenvalue weighted by Gasteiger charge is 2.25. The van der Waals surface area contributed by atoms with Gasteiger partial charge in [-0.3, -0.25) is 4.79 Å². The molecule has 1 aliphatic rings. The topological polar surface area (TPSA) is 50.2 Å². The van der Waals surface area contributed by atoms with E-state index in [4.69, 9.17) is 0 Å². The maximum Gasteiger partial charge on any atom is 0.213 e. The molecule has 1 N–H and O–H groups in total. The molecule has 2 atom stereocenters. The maximum atomic E-state index is 12.9. The first kappa shape index (κ1) is 12.2. The summed E-state index contributed by atoms with van der Waals surface area (Å²) in [6.45, 7) is 0. The van der Waals surface area contributed by atoms with Crippen molar-refractivity contribution in [3.8, 4) is 0 Å². The molecule has 1 aromatic heterocycles. The molecular formula is C13H16FNO2. The second kappa shape index (κ2) is 5.36. The van der Waals surface area contributed by atoms with E-state index in [0.717, 1.165) is 31.7 Å². The van der Waals surface area contributed by atoms with Gasteiger partial charge in [0.2, 0.25) is 5.95 Å². The highest BCUT2D eigenvalue weighted by molar-refractivity contribution is 5.96. The third kappa shape index (κ3) is 3.09. The van der Waals surface area contributed by atoms with Crippen molar-refractivity contribution >= 4 is 5.78 Å². The molecular weight excluding hydrogens is 221 g/mol. The van der Waals surface area contributed by atoms with Crippen molar-refractivity contribution in [2.45, 2.75) is 38.2 Å². The molecule has 1 unspecified atom stereocenters. The summed E-state index contributed by atoms with van der Waals surface area (Å²) in [5, 5.41) is 9.78. The van der Waals surface area contributed by atoms with Gasteiger partial charge in [0.25, 0.3) is 0 Å². The Morgan fingerprint density at radius 3 is 2.94 bits per heavy atom. The fourth-order valence-corrected chi connectivity index (χ4v) is 2.36. The van der Waals surface area contributed by atoms with Crippen LogP contribution in [-0.2, 0) is 0 Å². The minimum atomic E-state index is -0.639. The van der Waals surface area contributed by atoms with Crippen LogP contribution in [0, 0.1) is 11.9 Å². The van der Waals surface area contributed by atoms with Crippen LogP contribution < -0.4 is 0 Å². The van der Waals surface area contributed by atoms with E-state index in [1.54, 1.807) is 0 Å². The van der Waals surface area contributed by atoms with Gasteiger partial charge < -0.3 is 5.11 Å². The second-order valence-corrected chi connectivity index (χ2v) is 4.61. The number of Topliss-reactive ketones (excluding diaryl/α,β-unsaturated/α-hetero) is 1. The number of aliphatic hydroxyl groups is 1. The molecule has 4 heteroatoms. The molecule has 1 aromatic rings. The highest BCUT2D eigenvalue weighted by Crippen LogP contribution is 2.28. The Balaban J connectivity index is 2.01. The van der Waals surface area contributed by atoms with Gasteiger partial charge in [0.15, 0.2) is 5.78 Å². The first-order valence-electron chi connectivity index (χ1n) is 5.99. The van der Waals surface area contributed by atoms with Gasteiger partial charge in [-0.1, -0.05) is 12.8 Å². The minimum Gasteiger partial charge on any atom is -0.393 e. The summed E-state index contributed by atoms with van der Waals surface area (Å²) in [7, 11) is 0. The fraction of sp³-hybridized carbons (Fsp3) is 0.538. The number of ketones is 1. The van der Waals surface area contributed by atoms with Crippen LogP contribution in [0.25, 0.3) is 0 Å². The first-order chi connectivity index (χ1) is 8.16. The van der Waals surface area contributed by atoms with Gasteiger partial charge >= 0.3 is 0 Å². The standard InChI is InChI=1S/C13H16FNO2/c14-13-8-10(5-6-15-13)12(17)7-9-3-1-2-4-11(9)16/h5-6,8-9,11,16H,1-4,7H2/t9-,11?/m0/s1. The van der Waals surface area contributed by atoms with Crippen LogP contribution in [0.3, 0.4) is 0 Å². The monoisotopic (exact) mass is 237 g/mol. The molecule has 1 saturated carbocycles. The third-order valence-electron chi connectivity index (χ3n) is 3.37. The fourth-order valence-electron chi connectivity index (χ4n) is 2.36. The number of rotatable bonds is 3. The lowest BCUT2D eigenvalue weighted by atomic mass is 9.82. The highest BCUT2D eigenvalue weighted by atomic mass is 19.1. The summed E-state index contributed by atoms with van der Waals surface area (Å²) < 4.78 is 12.9. The maximum absolute atomic E-state index is 12.9. The molecule has 92 valence electrons. The number of hydrogen-bond acceptors (Lipinski definition) is 3. The van der Waals surface area contributed by atoms with Gasteiger partial charge in [0.05, 0.1) is 6.10 Å². The van der Waals surface area contributed by atoms with Crippen molar-refractivity contribution in [3.05, 3.63) is 29.8 Å². The van der Waals surface area contributed by atoms with Crippen LogP contribution in [0.2, 0.25) is 0 Å². The average molecular weight is 237 g/mol. The lowest BCUT2D eigenvalue weighted by Gasteiger charge is -2.26. The van der Waals surface area contributed by atoms with E-state index < -0.39 is 5.95 Å². The van der Waals surface area contributed by atoms with Gasteiger partial charge in [-0.25, -0.2) is 4.98 Å². The van der Waals surface area contributed by atoms with Crippen molar-refractivity contribution in [1.29, 1.82) is 0 Å². The van der Waals surface area contributed by atoms with Crippen molar-refractivity contribution in [1.82, 2.24) is 4.98 Å². The van der Waals surface area contributed by atoms with E-state index in [1.165, 1.54) is 12.3 Å². The molecule has 0 spiro atoms. The number of nitrogens with zero attached hydrogens (tertiary/aromatic N) is 1. The Morgan fingerprint density at radius 1 is 1.47 bits per heavy atom. The van der Waals surface area contributed by atoms with Crippen molar-refractivity contribution in [2.75, 3.05) is 0 Å². The summed E-state index contributed by atoms with van der Waals surface area (Å²) in [4.78, 5) is 15.3. The zero-order chi connectivity index (χ0) is 12.3. The molecule has 3 nitrogen and oxygen atoms in total. The summed E-state index contributed by atoms with van der Waals surface area (Å²) in [5.74, 6) is -0.732. The molecule has 17 heavy (non-hydrogen) atoms. The zero-order valence-electron chi connectivity index (χ0n) is 9.60. The van der Waals surface area contributed by atoms with Crippen LogP contribution in [-0.4, -0.2) is 22.0 Å². The molecule has 0 bridgehead atoms. The predicted molar refractivity (Wildman–Crippen MR) is 61.1 cm³/mol. The summed E-state index contributed by atoms with van der Waals surface area (Å²) in [6.07, 6.45) is 4.92. The number of carbonyl (C=O) groups excluding carboxylic acids is 1. The summed E-state index contributed by atoms with van der Waals surface area (Å²) >= 11 is 0. The van der Waals surface area contributed by atoms with E-state index in [2.05, 4.69) is 4.98 Å². The number of carbonyl (C=O) groups is 1. The van der Waals surface area contributed by atoms with Gasteiger partial charge in [0.1, 0.15) is 0 Å². The molecule has 0 aliphatic heterocycles. The second-order valence-electron chi connectivity index (χ2n) is 4.61. The van der Waals surface area contributed by atoms with E-state index in [9.17, 15) is 14.3 Å². The van der Waals surface area contributed by atoms with Crippen molar-refractivity contribution < 1.29 is 14.3 Å². The van der Waals surface area contributed by atoms with E-state index in [-0.39, 0.29) is 17.8 Å². The number of aliphatic hydroxyl groups excluding tert-OH is 1. The minimum absolute atomic E-state index is 0.0208. The number of aromatic nitrogens is 1. The Bertz CT molecular complexity index is 408. The SMILES string of the molecule is O=C(C[C@@H]1CCCCC1O)c1ccnc(F)c1. The van der Waals surface area contributed by atoms with E-state index in [1.807, 2.05) is 0 Å². The van der Waals surface area contributed by atoms with Gasteiger partial charge in [0, 0.05) is 24.2 Å². The zero-order valence-corrected chi connectivity index (χ0v) is 9.60. The Morgan fingerprint density at radius 2 is 2.24 bits per heavy atom. The number of hydrogen-bond donors (Lipinski definition) is 1. The molecule has 0 saturated heterocycles. The molecule has 2 rings (SSSR count). The van der Waals surface area contributed by atoms with Crippen LogP contribution in [0.15, 0.2) is 18.3 Å². The Labute approximate surface area is 99.7 Å². The van der Waals surface area contributed by atoms with Crippen LogP contribution in [0.4, 0.5) is 4.39 Å². The number of halogens is 1. The molecule has 1 aliphatic carbocycles. The van der Waals surface area contributed by atoms with Crippen LogP contribution >= 0.6 is 0 Å². The molecule has 0 amide bonds. The van der Waals surface area contributed by atoms with Crippen LogP contribution in [0.5, 0.6) is 0 Å². The lowest BCUT2D eigenvalue weighted by molar-refractivity contribution is 0.0583. The largest absolute Gasteiger partial charge is 0.393 e. The Kier molecular flexibility index (Phi) is 3.84. The summed E-state index contributed by atoms with van der Waals surface area (Å²) in [5.41, 5.74) is 0.343. The molecule has 1 heterocycles. The quantitative estimate of drug-likeness (QED) is 0.648. The van der Waals surface area contributed by atoms with E-state index in [0.29, 0.717) is 12.0 Å². The molecule has 0 aromatic carbocycles. The lowest BCUT2D eigenvalue weighted by Crippen LogP contribution is -2.26. The van der Waals surface area contributed by atoms with Crippen LogP contribution in [0.1, 0.15) is 42.5 Å². The smallest absolute Gasteiger partial charge is 0.213 e. The van der Waals surface area contributed by atoms with Gasteiger partial charge in [-0.05, 0) is 24.8 Å². The molecule has 1 fully saturated rings. The Hall–Kier alpha value is -1.29. The summed E-state index contributed by atoms with van der Waals surface area (Å²) in [6, 6.07) is 2.66. The molecule has 0 radical (unpaired) electrons. The first-order valence-corrected chi connectivity index (χ1v) is 5.99. The van der Waals surface area contributed by atoms with E-state index >= 15 is 0 Å². The van der Waals surface area contributed by atoms with Gasteiger partial charge in [-0.2, -0.15) is 4.39 Å². The normalized spacial score (nSPS) is 24.6. The van der Waals surface area contributed by atoms with Gasteiger partial charge in [-0.15, -0.1) is 0 Å². The number of pyridine rings is 1.